The molecule has 2 fully saturated rings. The van der Waals surface area contributed by atoms with E-state index < -0.39 is 13.0 Å². The monoisotopic (exact) mass is 455 g/mol. The van der Waals surface area contributed by atoms with Gasteiger partial charge < -0.3 is 15.8 Å². The van der Waals surface area contributed by atoms with Crippen LogP contribution in [0.25, 0.3) is 27.9 Å². The van der Waals surface area contributed by atoms with E-state index in [9.17, 15) is 8.78 Å². The van der Waals surface area contributed by atoms with Crippen molar-refractivity contribution in [2.24, 2.45) is 5.41 Å². The zero-order valence-corrected chi connectivity index (χ0v) is 17.8. The number of fused-ring (bicyclic) bond motifs is 2. The summed E-state index contributed by atoms with van der Waals surface area (Å²) in [5.41, 5.74) is 9.30. The largest absolute Gasteiger partial charge is 0.382 e. The van der Waals surface area contributed by atoms with Crippen LogP contribution in [0.4, 0.5) is 20.5 Å². The molecule has 1 spiro atoms. The lowest BCUT2D eigenvalue weighted by molar-refractivity contribution is -0.131. The average Bonchev–Trinajstić information content (AvgIpc) is 3.37. The van der Waals surface area contributed by atoms with Gasteiger partial charge in [-0.25, -0.2) is 23.0 Å². The van der Waals surface area contributed by atoms with Crippen molar-refractivity contribution in [1.29, 1.82) is 0 Å². The van der Waals surface area contributed by atoms with Crippen LogP contribution >= 0.6 is 0 Å². The Kier molecular flexibility index (Phi) is 4.64. The minimum Gasteiger partial charge on any atom is -0.382 e. The van der Waals surface area contributed by atoms with Crippen LogP contribution in [0, 0.1) is 5.41 Å². The summed E-state index contributed by atoms with van der Waals surface area (Å²) in [4.78, 5) is 9.01. The van der Waals surface area contributed by atoms with E-state index in [0.717, 1.165) is 43.6 Å². The molecule has 0 bridgehead atoms. The zero-order valence-electron chi connectivity index (χ0n) is 17.8. The Hall–Kier alpha value is -3.41. The number of nitrogens with zero attached hydrogens (tertiary/aromatic N) is 7. The second-order valence-corrected chi connectivity index (χ2v) is 8.96. The van der Waals surface area contributed by atoms with Gasteiger partial charge in [-0.2, -0.15) is 4.98 Å². The summed E-state index contributed by atoms with van der Waals surface area (Å²) in [5.74, 6) is 0.795. The minimum absolute atomic E-state index is 0.289. The van der Waals surface area contributed by atoms with Crippen molar-refractivity contribution in [3.63, 3.8) is 0 Å². The number of alkyl halides is 2. The van der Waals surface area contributed by atoms with Crippen LogP contribution in [0.1, 0.15) is 25.7 Å². The van der Waals surface area contributed by atoms with Crippen molar-refractivity contribution in [1.82, 2.24) is 34.6 Å². The topological polar surface area (TPSA) is 121 Å². The van der Waals surface area contributed by atoms with Gasteiger partial charge in [0.25, 0.3) is 6.43 Å². The number of hydrogen-bond acceptors (Lipinski definition) is 8. The smallest absolute Gasteiger partial charge is 0.258 e. The van der Waals surface area contributed by atoms with E-state index >= 15 is 0 Å². The van der Waals surface area contributed by atoms with Gasteiger partial charge in [0, 0.05) is 23.2 Å². The lowest BCUT2D eigenvalue weighted by Gasteiger charge is -2.46. The Morgan fingerprint density at radius 2 is 2.00 bits per heavy atom. The van der Waals surface area contributed by atoms with Gasteiger partial charge in [0.1, 0.15) is 17.6 Å². The number of aromatic nitrogens is 7. The Labute approximate surface area is 187 Å². The third-order valence-electron chi connectivity index (χ3n) is 6.68. The number of pyridine rings is 1. The number of nitrogens with two attached hydrogens (primary N) is 1. The lowest BCUT2D eigenvalue weighted by Crippen LogP contribution is -2.47. The van der Waals surface area contributed by atoms with Gasteiger partial charge in [0.15, 0.2) is 11.5 Å². The molecule has 4 aromatic rings. The van der Waals surface area contributed by atoms with Crippen LogP contribution < -0.4 is 11.1 Å². The maximum atomic E-state index is 12.9. The maximum Gasteiger partial charge on any atom is 0.258 e. The highest BCUT2D eigenvalue weighted by Crippen LogP contribution is 2.42. The van der Waals surface area contributed by atoms with E-state index in [2.05, 4.69) is 30.7 Å². The fourth-order valence-electron chi connectivity index (χ4n) is 4.81. The Morgan fingerprint density at radius 1 is 1.18 bits per heavy atom. The van der Waals surface area contributed by atoms with Crippen LogP contribution in [0.5, 0.6) is 0 Å². The van der Waals surface area contributed by atoms with Crippen LogP contribution in [-0.2, 0) is 11.3 Å². The number of anilines is 2. The van der Waals surface area contributed by atoms with E-state index in [-0.39, 0.29) is 5.65 Å². The van der Waals surface area contributed by atoms with Gasteiger partial charge in [0.05, 0.1) is 18.9 Å². The molecule has 1 aliphatic carbocycles. The molecule has 0 aromatic carbocycles. The number of rotatable bonds is 5. The Balaban J connectivity index is 1.28. The number of halogens is 2. The summed E-state index contributed by atoms with van der Waals surface area (Å²) in [7, 11) is 0. The molecule has 0 atom stereocenters. The first-order valence-electron chi connectivity index (χ1n) is 11.0. The molecule has 4 aromatic heterocycles. The summed E-state index contributed by atoms with van der Waals surface area (Å²) in [6.45, 7) is 1.18. The second-order valence-electron chi connectivity index (χ2n) is 8.96. The van der Waals surface area contributed by atoms with Crippen molar-refractivity contribution in [2.75, 3.05) is 24.3 Å². The molecule has 0 radical (unpaired) electrons. The number of nitrogens with one attached hydrogen (secondary N) is 1. The third kappa shape index (κ3) is 3.54. The molecule has 0 unspecified atom stereocenters. The molecule has 33 heavy (non-hydrogen) atoms. The molecule has 12 heteroatoms. The highest BCUT2D eigenvalue weighted by atomic mass is 19.3. The quantitative estimate of drug-likeness (QED) is 0.471. The lowest BCUT2D eigenvalue weighted by atomic mass is 9.71. The van der Waals surface area contributed by atoms with Crippen molar-refractivity contribution < 1.29 is 13.5 Å². The average molecular weight is 455 g/mol. The summed E-state index contributed by atoms with van der Waals surface area (Å²) in [6.07, 6.45) is 3.61. The third-order valence-corrected chi connectivity index (χ3v) is 6.68. The minimum atomic E-state index is -2.55. The molecule has 2 aliphatic rings. The number of hydrogen-bond donors (Lipinski definition) is 2. The van der Waals surface area contributed by atoms with Gasteiger partial charge in [-0.15, -0.1) is 10.2 Å². The molecule has 1 saturated heterocycles. The van der Waals surface area contributed by atoms with E-state index in [1.807, 2.05) is 6.07 Å². The van der Waals surface area contributed by atoms with Crippen LogP contribution in [0.3, 0.4) is 0 Å². The fourth-order valence-corrected chi connectivity index (χ4v) is 4.81. The van der Waals surface area contributed by atoms with Gasteiger partial charge in [-0.1, -0.05) is 5.21 Å². The molecular formula is C21H23F2N9O. The Bertz CT molecular complexity index is 1320. The summed E-state index contributed by atoms with van der Waals surface area (Å²) < 4.78 is 33.9. The second kappa shape index (κ2) is 7.58. The molecule has 1 aliphatic heterocycles. The van der Waals surface area contributed by atoms with Crippen LogP contribution in [-0.4, -0.2) is 60.3 Å². The van der Waals surface area contributed by atoms with E-state index in [4.69, 9.17) is 10.5 Å². The molecule has 3 N–H and O–H groups in total. The van der Waals surface area contributed by atoms with Crippen molar-refractivity contribution in [3.8, 4) is 11.3 Å². The summed E-state index contributed by atoms with van der Waals surface area (Å²) in [5, 5.41) is 15.7. The summed E-state index contributed by atoms with van der Waals surface area (Å²) >= 11 is 0. The molecule has 6 rings (SSSR count). The van der Waals surface area contributed by atoms with Crippen LogP contribution in [0.15, 0.2) is 24.4 Å². The van der Waals surface area contributed by atoms with Gasteiger partial charge in [-0.05, 0) is 43.9 Å². The molecule has 172 valence electrons. The van der Waals surface area contributed by atoms with Gasteiger partial charge in [-0.3, -0.25) is 0 Å². The van der Waals surface area contributed by atoms with Gasteiger partial charge in [0.2, 0.25) is 5.95 Å². The zero-order chi connectivity index (χ0) is 22.6. The van der Waals surface area contributed by atoms with Gasteiger partial charge >= 0.3 is 0 Å². The fraction of sp³-hybridized carbons (Fsp3) is 0.476. The standard InChI is InChI=1S/C21H23F2N9O/c22-16(23)9-32-19-15(28-30-32)2-1-14(26-19)13-5-8-31-17(13)18(24)27-20(29-31)25-12-3-6-21(7-4-12)10-33-11-21/h1-2,5,8,12,16H,3-4,6-7,9-11H2,(H3,24,25,27,29). The molecule has 0 amide bonds. The summed E-state index contributed by atoms with van der Waals surface area (Å²) in [6, 6.07) is 5.59. The number of ether oxygens (including phenoxy) is 1. The van der Waals surface area contributed by atoms with E-state index in [1.165, 1.54) is 0 Å². The van der Waals surface area contributed by atoms with Crippen LogP contribution in [0.2, 0.25) is 0 Å². The SMILES string of the molecule is Nc1nc(NC2CCC3(CC2)COC3)nn2ccc(-c3ccc4nnn(CC(F)F)c4n3)c12. The maximum absolute atomic E-state index is 12.9. The first-order chi connectivity index (χ1) is 16.0. The Morgan fingerprint density at radius 3 is 2.73 bits per heavy atom. The van der Waals surface area contributed by atoms with Crippen molar-refractivity contribution in [3.05, 3.63) is 24.4 Å². The highest BCUT2D eigenvalue weighted by Gasteiger charge is 2.41. The molecular weight excluding hydrogens is 432 g/mol. The van der Waals surface area contributed by atoms with Crippen molar-refractivity contribution >= 4 is 28.4 Å². The molecule has 5 heterocycles. The first kappa shape index (κ1) is 20.2. The predicted molar refractivity (Wildman–Crippen MR) is 117 cm³/mol. The van der Waals surface area contributed by atoms with Crippen molar-refractivity contribution in [2.45, 2.75) is 44.7 Å². The number of nitrogen functional groups attached to an aromatic ring is 1. The van der Waals surface area contributed by atoms with E-state index in [1.54, 1.807) is 22.8 Å². The first-order valence-corrected chi connectivity index (χ1v) is 11.0. The highest BCUT2D eigenvalue weighted by molar-refractivity contribution is 5.88. The predicted octanol–water partition coefficient (Wildman–Crippen LogP) is 2.75. The van der Waals surface area contributed by atoms with E-state index in [0.29, 0.717) is 45.5 Å². The molecule has 10 nitrogen and oxygen atoms in total. The normalized spacial score (nSPS) is 18.4. The molecule has 1 saturated carbocycles.